The Bertz CT molecular complexity index is 648. The molecule has 0 aliphatic rings. The third-order valence-corrected chi connectivity index (χ3v) is 5.79. The summed E-state index contributed by atoms with van der Waals surface area (Å²) in [6.45, 7) is 4.66. The van der Waals surface area contributed by atoms with E-state index in [1.165, 1.54) is 0 Å². The second kappa shape index (κ2) is 10.9. The first-order valence-corrected chi connectivity index (χ1v) is 10.8. The van der Waals surface area contributed by atoms with Gasteiger partial charge in [-0.05, 0) is 38.1 Å². The fourth-order valence-corrected chi connectivity index (χ4v) is 3.65. The zero-order valence-electron chi connectivity index (χ0n) is 14.9. The number of carbonyl (C=O) groups excluding carboxylic acids is 2. The molecule has 0 atom stereocenters. The molecule has 138 valence electrons. The summed E-state index contributed by atoms with van der Waals surface area (Å²) < 4.78 is 10.4. The predicted octanol–water partition coefficient (Wildman–Crippen LogP) is 4.70. The first kappa shape index (κ1) is 20.4. The SMILES string of the molecule is Cc1ccc(C(=O)OCCSSCCOC(=O)c2ccc(C)cc2)cc1. The molecule has 26 heavy (non-hydrogen) atoms. The minimum atomic E-state index is -0.303. The number of carbonyl (C=O) groups is 2. The average Bonchev–Trinajstić information content (AvgIpc) is 2.64. The number of hydrogen-bond acceptors (Lipinski definition) is 6. The molecule has 0 saturated heterocycles. The van der Waals surface area contributed by atoms with Gasteiger partial charge in [-0.1, -0.05) is 57.0 Å². The highest BCUT2D eigenvalue weighted by Crippen LogP contribution is 2.20. The topological polar surface area (TPSA) is 52.6 Å². The van der Waals surface area contributed by atoms with Crippen LogP contribution in [0.3, 0.4) is 0 Å². The number of hydrogen-bond donors (Lipinski definition) is 0. The van der Waals surface area contributed by atoms with E-state index in [4.69, 9.17) is 9.47 Å². The van der Waals surface area contributed by atoms with Crippen LogP contribution in [0.1, 0.15) is 31.8 Å². The predicted molar refractivity (Wildman–Crippen MR) is 108 cm³/mol. The Balaban J connectivity index is 1.51. The van der Waals surface area contributed by atoms with Gasteiger partial charge in [-0.15, -0.1) is 0 Å². The molecule has 0 aliphatic carbocycles. The van der Waals surface area contributed by atoms with E-state index >= 15 is 0 Å². The lowest BCUT2D eigenvalue weighted by molar-refractivity contribution is 0.0520. The van der Waals surface area contributed by atoms with Gasteiger partial charge in [-0.2, -0.15) is 0 Å². The van der Waals surface area contributed by atoms with Crippen molar-refractivity contribution in [1.82, 2.24) is 0 Å². The largest absolute Gasteiger partial charge is 0.461 e. The van der Waals surface area contributed by atoms with Crippen LogP contribution in [-0.4, -0.2) is 36.7 Å². The van der Waals surface area contributed by atoms with E-state index in [9.17, 15) is 9.59 Å². The summed E-state index contributed by atoms with van der Waals surface area (Å²) in [5, 5.41) is 0. The lowest BCUT2D eigenvalue weighted by Gasteiger charge is -2.06. The van der Waals surface area contributed by atoms with E-state index in [1.54, 1.807) is 45.9 Å². The molecular formula is C20H22O4S2. The molecule has 0 saturated carbocycles. The lowest BCUT2D eigenvalue weighted by atomic mass is 10.1. The number of benzene rings is 2. The third-order valence-electron chi connectivity index (χ3n) is 3.46. The highest BCUT2D eigenvalue weighted by atomic mass is 33.1. The van der Waals surface area contributed by atoms with Gasteiger partial charge in [0.05, 0.1) is 11.1 Å². The number of ether oxygens (including phenoxy) is 2. The van der Waals surface area contributed by atoms with Crippen molar-refractivity contribution in [2.24, 2.45) is 0 Å². The molecule has 0 heterocycles. The Hall–Kier alpha value is -1.92. The smallest absolute Gasteiger partial charge is 0.338 e. The van der Waals surface area contributed by atoms with E-state index < -0.39 is 0 Å². The molecule has 2 aromatic carbocycles. The molecule has 0 bridgehead atoms. The molecule has 0 aromatic heterocycles. The highest BCUT2D eigenvalue weighted by Gasteiger charge is 2.07. The third kappa shape index (κ3) is 7.14. The Morgan fingerprint density at radius 3 is 1.38 bits per heavy atom. The first-order chi connectivity index (χ1) is 12.6. The van der Waals surface area contributed by atoms with Crippen molar-refractivity contribution >= 4 is 33.5 Å². The summed E-state index contributed by atoms with van der Waals surface area (Å²) in [6.07, 6.45) is 0. The maximum absolute atomic E-state index is 11.8. The molecule has 4 nitrogen and oxygen atoms in total. The first-order valence-electron chi connectivity index (χ1n) is 8.28. The number of rotatable bonds is 9. The van der Waals surface area contributed by atoms with Crippen molar-refractivity contribution < 1.29 is 19.1 Å². The van der Waals surface area contributed by atoms with Crippen molar-refractivity contribution in [3.63, 3.8) is 0 Å². The van der Waals surface area contributed by atoms with E-state index in [0.717, 1.165) is 11.1 Å². The molecule has 0 spiro atoms. The normalized spacial score (nSPS) is 10.4. The van der Waals surface area contributed by atoms with Crippen LogP contribution in [0.5, 0.6) is 0 Å². The summed E-state index contributed by atoms with van der Waals surface area (Å²) in [4.78, 5) is 23.7. The van der Waals surface area contributed by atoms with Gasteiger partial charge in [0, 0.05) is 11.5 Å². The van der Waals surface area contributed by atoms with Gasteiger partial charge in [0.25, 0.3) is 0 Å². The van der Waals surface area contributed by atoms with Crippen LogP contribution >= 0.6 is 21.6 Å². The van der Waals surface area contributed by atoms with Gasteiger partial charge < -0.3 is 9.47 Å². The molecule has 0 amide bonds. The van der Waals surface area contributed by atoms with Crippen LogP contribution in [0.2, 0.25) is 0 Å². The second-order valence-electron chi connectivity index (χ2n) is 5.65. The van der Waals surface area contributed by atoms with Crippen molar-refractivity contribution in [2.75, 3.05) is 24.7 Å². The summed E-state index contributed by atoms with van der Waals surface area (Å²) in [7, 11) is 3.18. The van der Waals surface area contributed by atoms with Crippen LogP contribution in [0.4, 0.5) is 0 Å². The Labute approximate surface area is 162 Å². The molecule has 2 aromatic rings. The van der Waals surface area contributed by atoms with Crippen molar-refractivity contribution in [3.8, 4) is 0 Å². The minimum absolute atomic E-state index is 0.303. The second-order valence-corrected chi connectivity index (χ2v) is 8.35. The number of esters is 2. The fraction of sp³-hybridized carbons (Fsp3) is 0.300. The summed E-state index contributed by atoms with van der Waals surface area (Å²) in [5.74, 6) is 0.771. The molecule has 0 unspecified atom stereocenters. The van der Waals surface area contributed by atoms with Crippen LogP contribution in [0.25, 0.3) is 0 Å². The Morgan fingerprint density at radius 2 is 1.04 bits per heavy atom. The van der Waals surface area contributed by atoms with Gasteiger partial charge >= 0.3 is 11.9 Å². The minimum Gasteiger partial charge on any atom is -0.461 e. The van der Waals surface area contributed by atoms with E-state index in [0.29, 0.717) is 35.8 Å². The van der Waals surface area contributed by atoms with Crippen LogP contribution < -0.4 is 0 Å². The van der Waals surface area contributed by atoms with Gasteiger partial charge in [0.15, 0.2) is 0 Å². The molecule has 2 rings (SSSR count). The quantitative estimate of drug-likeness (QED) is 0.351. The van der Waals surface area contributed by atoms with E-state index in [1.807, 2.05) is 38.1 Å². The molecule has 0 radical (unpaired) electrons. The van der Waals surface area contributed by atoms with Crippen molar-refractivity contribution in [2.45, 2.75) is 13.8 Å². The molecule has 0 fully saturated rings. The highest BCUT2D eigenvalue weighted by molar-refractivity contribution is 8.76. The average molecular weight is 391 g/mol. The van der Waals surface area contributed by atoms with Gasteiger partial charge in [0.1, 0.15) is 13.2 Å². The molecule has 6 heteroatoms. The molecular weight excluding hydrogens is 368 g/mol. The van der Waals surface area contributed by atoms with Crippen LogP contribution in [0.15, 0.2) is 48.5 Å². The van der Waals surface area contributed by atoms with Crippen LogP contribution in [0, 0.1) is 13.8 Å². The fourth-order valence-electron chi connectivity index (χ4n) is 2.00. The van der Waals surface area contributed by atoms with E-state index in [2.05, 4.69) is 0 Å². The summed E-state index contributed by atoms with van der Waals surface area (Å²) in [5.41, 5.74) is 3.35. The summed E-state index contributed by atoms with van der Waals surface area (Å²) in [6, 6.07) is 14.6. The summed E-state index contributed by atoms with van der Waals surface area (Å²) >= 11 is 0. The Kier molecular flexibility index (Phi) is 8.58. The maximum atomic E-state index is 11.8. The van der Waals surface area contributed by atoms with Crippen molar-refractivity contribution in [1.29, 1.82) is 0 Å². The van der Waals surface area contributed by atoms with Gasteiger partial charge in [-0.25, -0.2) is 9.59 Å². The zero-order chi connectivity index (χ0) is 18.8. The molecule has 0 aliphatic heterocycles. The molecule has 0 N–H and O–H groups in total. The monoisotopic (exact) mass is 390 g/mol. The van der Waals surface area contributed by atoms with E-state index in [-0.39, 0.29) is 11.9 Å². The number of aryl methyl sites for hydroxylation is 2. The zero-order valence-corrected chi connectivity index (χ0v) is 16.5. The van der Waals surface area contributed by atoms with Gasteiger partial charge in [0.2, 0.25) is 0 Å². The Morgan fingerprint density at radius 1 is 0.692 bits per heavy atom. The lowest BCUT2D eigenvalue weighted by Crippen LogP contribution is -2.08. The van der Waals surface area contributed by atoms with Crippen molar-refractivity contribution in [3.05, 3.63) is 70.8 Å². The maximum Gasteiger partial charge on any atom is 0.338 e. The van der Waals surface area contributed by atoms with Crippen LogP contribution in [-0.2, 0) is 9.47 Å². The van der Waals surface area contributed by atoms with Gasteiger partial charge in [-0.3, -0.25) is 0 Å². The standard InChI is InChI=1S/C20H22O4S2/c1-15-3-7-17(8-4-15)19(21)23-11-13-25-26-14-12-24-20(22)18-9-5-16(2)6-10-18/h3-10H,11-14H2,1-2H3.